The van der Waals surface area contributed by atoms with E-state index >= 15 is 0 Å². The van der Waals surface area contributed by atoms with Crippen LogP contribution < -0.4 is 5.32 Å². The molecule has 0 aromatic heterocycles. The van der Waals surface area contributed by atoms with Crippen LogP contribution in [0, 0.1) is 12.7 Å². The van der Waals surface area contributed by atoms with E-state index in [0.717, 1.165) is 24.1 Å². The number of carbonyl (C=O) groups is 1. The topological polar surface area (TPSA) is 49.3 Å². The molecule has 0 bridgehead atoms. The van der Waals surface area contributed by atoms with Gasteiger partial charge in [-0.2, -0.15) is 4.79 Å². The number of hydrogen-bond donors (Lipinski definition) is 2. The Morgan fingerprint density at radius 2 is 2.21 bits per heavy atom. The SMILES string of the molecule is Cc1cc(F)ccc1[C@H]1CCNCC[N+]1(C)C(=O)O. The predicted molar refractivity (Wildman–Crippen MR) is 70.4 cm³/mol. The lowest BCUT2D eigenvalue weighted by atomic mass is 9.96. The van der Waals surface area contributed by atoms with E-state index < -0.39 is 6.09 Å². The van der Waals surface area contributed by atoms with Gasteiger partial charge in [-0.1, -0.05) is 0 Å². The van der Waals surface area contributed by atoms with Crippen molar-refractivity contribution >= 4 is 6.09 Å². The maximum Gasteiger partial charge on any atom is 0.513 e. The number of rotatable bonds is 1. The van der Waals surface area contributed by atoms with Crippen LogP contribution in [0.1, 0.15) is 23.6 Å². The van der Waals surface area contributed by atoms with Crippen LogP contribution in [0.4, 0.5) is 9.18 Å². The maximum absolute atomic E-state index is 13.2. The van der Waals surface area contributed by atoms with E-state index in [4.69, 9.17) is 0 Å². The number of amides is 1. The average molecular weight is 267 g/mol. The zero-order valence-electron chi connectivity index (χ0n) is 11.3. The Balaban J connectivity index is 2.45. The van der Waals surface area contributed by atoms with Crippen molar-refractivity contribution in [2.24, 2.45) is 0 Å². The first-order chi connectivity index (χ1) is 8.95. The van der Waals surface area contributed by atoms with Crippen LogP contribution in [0.2, 0.25) is 0 Å². The molecule has 2 atom stereocenters. The Labute approximate surface area is 112 Å². The van der Waals surface area contributed by atoms with E-state index in [1.54, 1.807) is 13.1 Å². The first-order valence-corrected chi connectivity index (χ1v) is 6.50. The minimum Gasteiger partial charge on any atom is -0.435 e. The van der Waals surface area contributed by atoms with Crippen LogP contribution >= 0.6 is 0 Å². The van der Waals surface area contributed by atoms with E-state index in [1.807, 2.05) is 6.92 Å². The summed E-state index contributed by atoms with van der Waals surface area (Å²) in [4.78, 5) is 11.7. The number of carboxylic acid groups (broad SMARTS) is 1. The number of nitrogens with zero attached hydrogens (tertiary/aromatic N) is 1. The molecule has 2 rings (SSSR count). The van der Waals surface area contributed by atoms with Crippen LogP contribution in [0.25, 0.3) is 0 Å². The smallest absolute Gasteiger partial charge is 0.435 e. The van der Waals surface area contributed by atoms with E-state index in [0.29, 0.717) is 13.1 Å². The van der Waals surface area contributed by atoms with Gasteiger partial charge in [0.15, 0.2) is 0 Å². The van der Waals surface area contributed by atoms with Crippen molar-refractivity contribution < 1.29 is 18.8 Å². The first kappa shape index (κ1) is 14.0. The fourth-order valence-electron chi connectivity index (χ4n) is 2.82. The summed E-state index contributed by atoms with van der Waals surface area (Å²) in [5.41, 5.74) is 1.74. The Kier molecular flexibility index (Phi) is 3.87. The molecule has 1 aliphatic rings. The highest BCUT2D eigenvalue weighted by Gasteiger charge is 2.42. The molecule has 1 fully saturated rings. The third-order valence-corrected chi connectivity index (χ3v) is 4.06. The van der Waals surface area contributed by atoms with Crippen molar-refractivity contribution in [1.29, 1.82) is 0 Å². The van der Waals surface area contributed by atoms with E-state index in [9.17, 15) is 14.3 Å². The van der Waals surface area contributed by atoms with Crippen molar-refractivity contribution in [3.05, 3.63) is 35.1 Å². The highest BCUT2D eigenvalue weighted by Crippen LogP contribution is 2.33. The Bertz CT molecular complexity index is 492. The van der Waals surface area contributed by atoms with Crippen molar-refractivity contribution in [1.82, 2.24) is 5.32 Å². The molecule has 1 aromatic rings. The second-order valence-corrected chi connectivity index (χ2v) is 5.33. The van der Waals surface area contributed by atoms with Gasteiger partial charge in [0.1, 0.15) is 18.4 Å². The number of likely N-dealkylation sites (N-methyl/N-ethyl adjacent to an activating group) is 1. The van der Waals surface area contributed by atoms with Gasteiger partial charge in [-0.25, -0.2) is 8.87 Å². The van der Waals surface area contributed by atoms with Gasteiger partial charge in [0.05, 0.1) is 7.05 Å². The molecule has 1 heterocycles. The molecule has 1 unspecified atom stereocenters. The highest BCUT2D eigenvalue weighted by molar-refractivity contribution is 5.57. The van der Waals surface area contributed by atoms with Gasteiger partial charge in [0.2, 0.25) is 0 Å². The van der Waals surface area contributed by atoms with Gasteiger partial charge >= 0.3 is 6.09 Å². The van der Waals surface area contributed by atoms with Crippen molar-refractivity contribution in [2.45, 2.75) is 19.4 Å². The van der Waals surface area contributed by atoms with Gasteiger partial charge in [0, 0.05) is 25.1 Å². The summed E-state index contributed by atoms with van der Waals surface area (Å²) in [7, 11) is 1.74. The summed E-state index contributed by atoms with van der Waals surface area (Å²) in [6.07, 6.45) is -0.104. The fraction of sp³-hybridized carbons (Fsp3) is 0.500. The molecule has 1 aliphatic heterocycles. The molecule has 0 radical (unpaired) electrons. The fourth-order valence-corrected chi connectivity index (χ4v) is 2.82. The number of benzene rings is 1. The molecule has 0 spiro atoms. The zero-order valence-corrected chi connectivity index (χ0v) is 11.3. The van der Waals surface area contributed by atoms with Crippen LogP contribution in [-0.2, 0) is 0 Å². The van der Waals surface area contributed by atoms with E-state index in [2.05, 4.69) is 5.32 Å². The molecule has 0 aliphatic carbocycles. The number of hydrogen-bond acceptors (Lipinski definition) is 2. The average Bonchev–Trinajstić information content (AvgIpc) is 2.53. The minimum atomic E-state index is -0.836. The summed E-state index contributed by atoms with van der Waals surface area (Å²) in [5, 5.41) is 12.8. The Morgan fingerprint density at radius 3 is 2.84 bits per heavy atom. The molecule has 19 heavy (non-hydrogen) atoms. The summed E-state index contributed by atoms with van der Waals surface area (Å²) in [6, 6.07) is 4.46. The first-order valence-electron chi connectivity index (χ1n) is 6.50. The second-order valence-electron chi connectivity index (χ2n) is 5.33. The molecular weight excluding hydrogens is 247 g/mol. The van der Waals surface area contributed by atoms with Crippen LogP contribution in [0.3, 0.4) is 0 Å². The largest absolute Gasteiger partial charge is 0.513 e. The van der Waals surface area contributed by atoms with Gasteiger partial charge in [-0.15, -0.1) is 0 Å². The van der Waals surface area contributed by atoms with E-state index in [-0.39, 0.29) is 16.3 Å². The highest BCUT2D eigenvalue weighted by atomic mass is 19.1. The molecule has 104 valence electrons. The molecule has 5 heteroatoms. The lowest BCUT2D eigenvalue weighted by Crippen LogP contribution is -2.52. The number of quaternary nitrogens is 1. The molecule has 0 saturated carbocycles. The second kappa shape index (κ2) is 5.27. The monoisotopic (exact) mass is 267 g/mol. The molecule has 1 saturated heterocycles. The summed E-state index contributed by atoms with van der Waals surface area (Å²) < 4.78 is 13.2. The number of nitrogens with one attached hydrogen (secondary N) is 1. The molecule has 2 N–H and O–H groups in total. The van der Waals surface area contributed by atoms with Crippen LogP contribution in [0.15, 0.2) is 18.2 Å². The lowest BCUT2D eigenvalue weighted by Gasteiger charge is -2.35. The normalized spacial score (nSPS) is 27.8. The van der Waals surface area contributed by atoms with Gasteiger partial charge in [0.25, 0.3) is 0 Å². The minimum absolute atomic E-state index is 0.0561. The summed E-state index contributed by atoms with van der Waals surface area (Å²) in [6.45, 7) is 3.82. The third kappa shape index (κ3) is 2.62. The number of halogens is 1. The quantitative estimate of drug-likeness (QED) is 0.768. The Morgan fingerprint density at radius 1 is 1.47 bits per heavy atom. The van der Waals surface area contributed by atoms with E-state index in [1.165, 1.54) is 12.1 Å². The van der Waals surface area contributed by atoms with Gasteiger partial charge in [-0.3, -0.25) is 0 Å². The van der Waals surface area contributed by atoms with Gasteiger partial charge in [-0.05, 0) is 30.7 Å². The van der Waals surface area contributed by atoms with Crippen molar-refractivity contribution in [2.75, 3.05) is 26.7 Å². The summed E-state index contributed by atoms with van der Waals surface area (Å²) >= 11 is 0. The predicted octanol–water partition coefficient (Wildman–Crippen LogP) is 2.29. The molecule has 4 nitrogen and oxygen atoms in total. The number of aryl methyl sites for hydroxylation is 1. The summed E-state index contributed by atoms with van der Waals surface area (Å²) in [5.74, 6) is -0.280. The van der Waals surface area contributed by atoms with Crippen LogP contribution in [0.5, 0.6) is 0 Å². The Hall–Kier alpha value is -1.46. The maximum atomic E-state index is 13.2. The standard InChI is InChI=1S/C14H19FN2O2/c1-10-9-11(15)3-4-12(10)13-5-6-16-7-8-17(13,2)14(18)19/h3-4,9,13,16H,5-8H2,1-2H3/p+1/t13-,17?/m1/s1. The molecule has 1 aromatic carbocycles. The lowest BCUT2D eigenvalue weighted by molar-refractivity contribution is -0.867. The molecular formula is C14H20FN2O2+. The third-order valence-electron chi connectivity index (χ3n) is 4.06. The van der Waals surface area contributed by atoms with Crippen molar-refractivity contribution in [3.63, 3.8) is 0 Å². The van der Waals surface area contributed by atoms with Crippen molar-refractivity contribution in [3.8, 4) is 0 Å². The zero-order chi connectivity index (χ0) is 14.0. The van der Waals surface area contributed by atoms with Gasteiger partial charge < -0.3 is 10.4 Å². The molecule has 1 amide bonds. The van der Waals surface area contributed by atoms with Crippen LogP contribution in [-0.4, -0.2) is 42.4 Å².